The summed E-state index contributed by atoms with van der Waals surface area (Å²) in [6, 6.07) is 6.20. The van der Waals surface area contributed by atoms with Crippen molar-refractivity contribution in [1.82, 2.24) is 10.6 Å². The number of aliphatic hydroxyl groups excluding tert-OH is 1. The Balaban J connectivity index is 1.84. The Morgan fingerprint density at radius 3 is 2.95 bits per heavy atom. The third-order valence-corrected chi connectivity index (χ3v) is 3.66. The van der Waals surface area contributed by atoms with Gasteiger partial charge in [0.05, 0.1) is 0 Å². The van der Waals surface area contributed by atoms with E-state index in [9.17, 15) is 5.11 Å². The van der Waals surface area contributed by atoms with Gasteiger partial charge in [0.1, 0.15) is 18.5 Å². The summed E-state index contributed by atoms with van der Waals surface area (Å²) in [5, 5.41) is 16.6. The van der Waals surface area contributed by atoms with Crippen LogP contribution in [-0.4, -0.2) is 43.5 Å². The monoisotopic (exact) mass is 288 g/mol. The fourth-order valence-electron chi connectivity index (χ4n) is 2.46. The van der Waals surface area contributed by atoms with Crippen LogP contribution in [-0.2, 0) is 0 Å². The molecular formula is C17H24N2O2. The van der Waals surface area contributed by atoms with Crippen molar-refractivity contribution in [3.8, 4) is 5.75 Å². The van der Waals surface area contributed by atoms with Crippen LogP contribution < -0.4 is 15.4 Å². The van der Waals surface area contributed by atoms with Gasteiger partial charge in [-0.3, -0.25) is 0 Å². The van der Waals surface area contributed by atoms with E-state index in [2.05, 4.69) is 23.8 Å². The first-order valence-electron chi connectivity index (χ1n) is 7.37. The molecule has 0 bridgehead atoms. The maximum Gasteiger partial charge on any atom is 0.127 e. The van der Waals surface area contributed by atoms with Gasteiger partial charge in [0.15, 0.2) is 0 Å². The summed E-state index contributed by atoms with van der Waals surface area (Å²) in [5.41, 5.74) is 1.89. The Morgan fingerprint density at radius 2 is 2.29 bits per heavy atom. The minimum absolute atomic E-state index is 0.259. The predicted octanol–water partition coefficient (Wildman–Crippen LogP) is 1.66. The third kappa shape index (κ3) is 4.43. The lowest BCUT2D eigenvalue weighted by atomic mass is 10.1. The van der Waals surface area contributed by atoms with Crippen LogP contribution in [0.25, 0.3) is 12.2 Å². The molecule has 2 rings (SSSR count). The second-order valence-corrected chi connectivity index (χ2v) is 5.23. The van der Waals surface area contributed by atoms with Gasteiger partial charge in [-0.2, -0.15) is 0 Å². The van der Waals surface area contributed by atoms with Crippen molar-refractivity contribution in [2.24, 2.45) is 0 Å². The van der Waals surface area contributed by atoms with E-state index in [0.717, 1.165) is 36.4 Å². The van der Waals surface area contributed by atoms with Crippen molar-refractivity contribution in [3.63, 3.8) is 0 Å². The smallest absolute Gasteiger partial charge is 0.127 e. The van der Waals surface area contributed by atoms with Crippen LogP contribution >= 0.6 is 0 Å². The molecule has 0 aliphatic carbocycles. The molecule has 1 aromatic carbocycles. The van der Waals surface area contributed by atoms with Crippen LogP contribution in [0, 0.1) is 0 Å². The normalized spacial score (nSPS) is 19.2. The average molecular weight is 288 g/mol. The van der Waals surface area contributed by atoms with Gasteiger partial charge in [0, 0.05) is 24.7 Å². The minimum atomic E-state index is -0.532. The van der Waals surface area contributed by atoms with Gasteiger partial charge in [-0.05, 0) is 24.6 Å². The van der Waals surface area contributed by atoms with Crippen molar-refractivity contribution >= 4 is 12.2 Å². The Kier molecular flexibility index (Phi) is 5.99. The van der Waals surface area contributed by atoms with Gasteiger partial charge in [-0.1, -0.05) is 37.4 Å². The number of nitrogens with one attached hydrogen (secondary N) is 2. The van der Waals surface area contributed by atoms with E-state index in [4.69, 9.17) is 4.74 Å². The largest absolute Gasteiger partial charge is 0.490 e. The molecule has 21 heavy (non-hydrogen) atoms. The molecule has 3 N–H and O–H groups in total. The topological polar surface area (TPSA) is 53.5 Å². The summed E-state index contributed by atoms with van der Waals surface area (Å²) in [7, 11) is 0. The highest BCUT2D eigenvalue weighted by molar-refractivity contribution is 5.68. The van der Waals surface area contributed by atoms with E-state index < -0.39 is 6.10 Å². The van der Waals surface area contributed by atoms with Crippen LogP contribution in [0.4, 0.5) is 0 Å². The summed E-state index contributed by atoms with van der Waals surface area (Å²) < 4.78 is 5.72. The van der Waals surface area contributed by atoms with Crippen LogP contribution in [0.15, 0.2) is 31.4 Å². The van der Waals surface area contributed by atoms with Crippen LogP contribution in [0.5, 0.6) is 5.75 Å². The molecule has 114 valence electrons. The molecule has 1 saturated heterocycles. The van der Waals surface area contributed by atoms with Gasteiger partial charge in [-0.15, -0.1) is 0 Å². The van der Waals surface area contributed by atoms with Crippen molar-refractivity contribution in [3.05, 3.63) is 42.5 Å². The Labute approximate surface area is 126 Å². The molecule has 1 aliphatic heterocycles. The first kappa shape index (κ1) is 15.8. The molecule has 4 nitrogen and oxygen atoms in total. The van der Waals surface area contributed by atoms with E-state index in [1.807, 2.05) is 18.2 Å². The molecule has 4 heteroatoms. The number of rotatable bonds is 8. The lowest BCUT2D eigenvalue weighted by Crippen LogP contribution is -2.39. The number of ether oxygens (including phenoxy) is 1. The molecule has 0 amide bonds. The van der Waals surface area contributed by atoms with Crippen LogP contribution in [0.2, 0.25) is 0 Å². The third-order valence-electron chi connectivity index (χ3n) is 3.66. The molecule has 1 aromatic rings. The zero-order chi connectivity index (χ0) is 15.1. The zero-order valence-corrected chi connectivity index (χ0v) is 12.3. The van der Waals surface area contributed by atoms with E-state index in [-0.39, 0.29) is 6.61 Å². The quantitative estimate of drug-likeness (QED) is 0.681. The molecular weight excluding hydrogens is 264 g/mol. The van der Waals surface area contributed by atoms with E-state index in [1.165, 1.54) is 0 Å². The molecule has 0 saturated carbocycles. The van der Waals surface area contributed by atoms with Crippen molar-refractivity contribution in [2.75, 3.05) is 26.2 Å². The Morgan fingerprint density at radius 1 is 1.43 bits per heavy atom. The highest BCUT2D eigenvalue weighted by Crippen LogP contribution is 2.24. The maximum absolute atomic E-state index is 10.0. The summed E-state index contributed by atoms with van der Waals surface area (Å²) in [5.74, 6) is 0.726. The van der Waals surface area contributed by atoms with Crippen molar-refractivity contribution < 1.29 is 9.84 Å². The number of hydrogen-bond acceptors (Lipinski definition) is 4. The maximum atomic E-state index is 10.0. The van der Waals surface area contributed by atoms with Crippen molar-refractivity contribution in [2.45, 2.75) is 18.6 Å². The Hall–Kier alpha value is -1.62. The lowest BCUT2D eigenvalue weighted by Gasteiger charge is -2.17. The standard InChI is InChI=1S/C17H24N2O2/c1-3-13-6-5-7-17(16(13)4-2)21-12-15(20)11-19-14-8-9-18-10-14/h3-7,14-15,18-20H,1-2,8-12H2. The fraction of sp³-hybridized carbons (Fsp3) is 0.412. The van der Waals surface area contributed by atoms with Gasteiger partial charge >= 0.3 is 0 Å². The van der Waals surface area contributed by atoms with Crippen LogP contribution in [0.3, 0.4) is 0 Å². The highest BCUT2D eigenvalue weighted by atomic mass is 16.5. The average Bonchev–Trinajstić information content (AvgIpc) is 3.03. The first-order valence-corrected chi connectivity index (χ1v) is 7.37. The minimum Gasteiger partial charge on any atom is -0.490 e. The van der Waals surface area contributed by atoms with Gasteiger partial charge in [0.2, 0.25) is 0 Å². The van der Waals surface area contributed by atoms with Crippen LogP contribution in [0.1, 0.15) is 17.5 Å². The number of aliphatic hydroxyl groups is 1. The second-order valence-electron chi connectivity index (χ2n) is 5.23. The molecule has 1 heterocycles. The number of hydrogen-bond donors (Lipinski definition) is 3. The fourth-order valence-corrected chi connectivity index (χ4v) is 2.46. The molecule has 0 spiro atoms. The zero-order valence-electron chi connectivity index (χ0n) is 12.3. The molecule has 0 radical (unpaired) electrons. The number of benzene rings is 1. The van der Waals surface area contributed by atoms with E-state index in [1.54, 1.807) is 12.2 Å². The lowest BCUT2D eigenvalue weighted by molar-refractivity contribution is 0.104. The SMILES string of the molecule is C=Cc1cccc(OCC(O)CNC2CCNC2)c1C=C. The van der Waals surface area contributed by atoms with E-state index >= 15 is 0 Å². The molecule has 0 aromatic heterocycles. The predicted molar refractivity (Wildman–Crippen MR) is 87.4 cm³/mol. The van der Waals surface area contributed by atoms with E-state index in [0.29, 0.717) is 12.6 Å². The highest BCUT2D eigenvalue weighted by Gasteiger charge is 2.15. The van der Waals surface area contributed by atoms with Crippen molar-refractivity contribution in [1.29, 1.82) is 0 Å². The van der Waals surface area contributed by atoms with Gasteiger partial charge < -0.3 is 20.5 Å². The molecule has 1 aliphatic rings. The summed E-state index contributed by atoms with van der Waals surface area (Å²) in [6.45, 7) is 10.4. The summed E-state index contributed by atoms with van der Waals surface area (Å²) in [6.07, 6.45) is 4.10. The Bertz CT molecular complexity index is 482. The molecule has 2 atom stereocenters. The summed E-state index contributed by atoms with van der Waals surface area (Å²) >= 11 is 0. The summed E-state index contributed by atoms with van der Waals surface area (Å²) in [4.78, 5) is 0. The second kappa shape index (κ2) is 7.98. The first-order chi connectivity index (χ1) is 10.2. The van der Waals surface area contributed by atoms with Gasteiger partial charge in [0.25, 0.3) is 0 Å². The van der Waals surface area contributed by atoms with Gasteiger partial charge in [-0.25, -0.2) is 0 Å². The molecule has 2 unspecified atom stereocenters. The molecule has 1 fully saturated rings.